The van der Waals surface area contributed by atoms with Crippen molar-refractivity contribution in [3.63, 3.8) is 0 Å². The molecule has 1 fully saturated rings. The fraction of sp³-hybridized carbons (Fsp3) is 0.556. The maximum atomic E-state index is 11.9. The summed E-state index contributed by atoms with van der Waals surface area (Å²) in [6.07, 6.45) is -0.0281. The van der Waals surface area contributed by atoms with E-state index in [0.29, 0.717) is 13.0 Å². The molecule has 1 heterocycles. The Bertz CT molecular complexity index is 550. The van der Waals surface area contributed by atoms with Gasteiger partial charge in [0, 0.05) is 12.5 Å². The Morgan fingerprint density at radius 1 is 1.35 bits per heavy atom. The van der Waals surface area contributed by atoms with Gasteiger partial charge in [0.05, 0.1) is 5.92 Å². The van der Waals surface area contributed by atoms with E-state index in [9.17, 15) is 9.59 Å². The van der Waals surface area contributed by atoms with E-state index < -0.39 is 11.7 Å². The highest BCUT2D eigenvalue weighted by Gasteiger charge is 2.37. The summed E-state index contributed by atoms with van der Waals surface area (Å²) in [5, 5.41) is 2.79. The average molecular weight is 319 g/mol. The largest absolute Gasteiger partial charge is 0.461 e. The van der Waals surface area contributed by atoms with E-state index in [4.69, 9.17) is 9.47 Å². The lowest BCUT2D eigenvalue weighted by atomic mass is 9.90. The second kappa shape index (κ2) is 7.02. The number of esters is 1. The molecule has 3 atom stereocenters. The van der Waals surface area contributed by atoms with Crippen molar-refractivity contribution in [3.8, 4) is 0 Å². The van der Waals surface area contributed by atoms with Gasteiger partial charge in [0.15, 0.2) is 0 Å². The number of hydrogen-bond donors (Lipinski definition) is 1. The van der Waals surface area contributed by atoms with Gasteiger partial charge in [-0.1, -0.05) is 37.3 Å². The smallest absolute Gasteiger partial charge is 0.407 e. The SMILES string of the molecule is CC1CC(C(CNC(=O)OC(C)(C)C)c2ccccc2)OC1=O. The van der Waals surface area contributed by atoms with Crippen LogP contribution in [0.15, 0.2) is 30.3 Å². The first-order chi connectivity index (χ1) is 10.8. The van der Waals surface area contributed by atoms with Crippen LogP contribution in [0.1, 0.15) is 45.6 Å². The van der Waals surface area contributed by atoms with Gasteiger partial charge in [-0.05, 0) is 32.8 Å². The minimum Gasteiger partial charge on any atom is -0.461 e. The number of benzene rings is 1. The molecule has 5 heteroatoms. The van der Waals surface area contributed by atoms with E-state index in [2.05, 4.69) is 5.32 Å². The van der Waals surface area contributed by atoms with Gasteiger partial charge >= 0.3 is 12.1 Å². The van der Waals surface area contributed by atoms with E-state index in [1.54, 1.807) is 0 Å². The summed E-state index contributed by atoms with van der Waals surface area (Å²) in [5.74, 6) is -0.362. The molecule has 1 amide bonds. The van der Waals surface area contributed by atoms with Crippen LogP contribution in [0.25, 0.3) is 0 Å². The second-order valence-electron chi connectivity index (χ2n) is 7.01. The van der Waals surface area contributed by atoms with Crippen LogP contribution in [0.3, 0.4) is 0 Å². The van der Waals surface area contributed by atoms with Crippen molar-refractivity contribution in [2.24, 2.45) is 5.92 Å². The predicted octanol–water partition coefficient (Wildman–Crippen LogP) is 3.25. The fourth-order valence-electron chi connectivity index (χ4n) is 2.68. The van der Waals surface area contributed by atoms with Crippen LogP contribution >= 0.6 is 0 Å². The number of nitrogens with one attached hydrogen (secondary N) is 1. The summed E-state index contributed by atoms with van der Waals surface area (Å²) < 4.78 is 10.8. The van der Waals surface area contributed by atoms with Crippen molar-refractivity contribution in [2.75, 3.05) is 6.54 Å². The third kappa shape index (κ3) is 4.98. The molecule has 1 N–H and O–H groups in total. The zero-order valence-electron chi connectivity index (χ0n) is 14.2. The highest BCUT2D eigenvalue weighted by Crippen LogP contribution is 2.32. The maximum absolute atomic E-state index is 11.9. The standard InChI is InChI=1S/C18H25NO4/c1-12-10-15(22-16(12)20)14(13-8-6-5-7-9-13)11-19-17(21)23-18(2,3)4/h5-9,12,14-15H,10-11H2,1-4H3,(H,19,21). The van der Waals surface area contributed by atoms with Crippen molar-refractivity contribution in [3.05, 3.63) is 35.9 Å². The van der Waals surface area contributed by atoms with Gasteiger partial charge in [0.1, 0.15) is 11.7 Å². The van der Waals surface area contributed by atoms with Gasteiger partial charge in [-0.3, -0.25) is 4.79 Å². The van der Waals surface area contributed by atoms with Gasteiger partial charge in [0.25, 0.3) is 0 Å². The molecule has 0 saturated carbocycles. The molecule has 5 nitrogen and oxygen atoms in total. The van der Waals surface area contributed by atoms with Gasteiger partial charge in [-0.25, -0.2) is 4.79 Å². The first-order valence-corrected chi connectivity index (χ1v) is 7.98. The maximum Gasteiger partial charge on any atom is 0.407 e. The quantitative estimate of drug-likeness (QED) is 0.865. The molecular weight excluding hydrogens is 294 g/mol. The molecule has 1 aromatic carbocycles. The first-order valence-electron chi connectivity index (χ1n) is 7.98. The zero-order valence-corrected chi connectivity index (χ0v) is 14.2. The third-order valence-corrected chi connectivity index (χ3v) is 3.80. The van der Waals surface area contributed by atoms with Crippen LogP contribution in [0, 0.1) is 5.92 Å². The van der Waals surface area contributed by atoms with E-state index in [1.807, 2.05) is 58.0 Å². The highest BCUT2D eigenvalue weighted by molar-refractivity contribution is 5.74. The Labute approximate surface area is 137 Å². The van der Waals surface area contributed by atoms with E-state index >= 15 is 0 Å². The molecule has 0 aromatic heterocycles. The summed E-state index contributed by atoms with van der Waals surface area (Å²) >= 11 is 0. The lowest BCUT2D eigenvalue weighted by Crippen LogP contribution is -2.37. The van der Waals surface area contributed by atoms with Gasteiger partial charge in [0.2, 0.25) is 0 Å². The fourth-order valence-corrected chi connectivity index (χ4v) is 2.68. The van der Waals surface area contributed by atoms with Crippen LogP contribution in [0.2, 0.25) is 0 Å². The molecule has 3 unspecified atom stereocenters. The summed E-state index contributed by atoms with van der Waals surface area (Å²) in [7, 11) is 0. The second-order valence-corrected chi connectivity index (χ2v) is 7.01. The number of ether oxygens (including phenoxy) is 2. The number of carbonyl (C=O) groups excluding carboxylic acids is 2. The average Bonchev–Trinajstić information content (AvgIpc) is 2.78. The van der Waals surface area contributed by atoms with E-state index in [1.165, 1.54) is 0 Å². The lowest BCUT2D eigenvalue weighted by molar-refractivity contribution is -0.144. The number of amides is 1. The van der Waals surface area contributed by atoms with Crippen molar-refractivity contribution in [2.45, 2.75) is 51.7 Å². The van der Waals surface area contributed by atoms with Crippen molar-refractivity contribution in [1.82, 2.24) is 5.32 Å². The van der Waals surface area contributed by atoms with E-state index in [-0.39, 0.29) is 23.9 Å². The van der Waals surface area contributed by atoms with Crippen LogP contribution < -0.4 is 5.32 Å². The lowest BCUT2D eigenvalue weighted by Gasteiger charge is -2.25. The molecule has 0 radical (unpaired) electrons. The molecule has 1 saturated heterocycles. The Morgan fingerprint density at radius 2 is 2.00 bits per heavy atom. The normalized spacial score (nSPS) is 22.3. The van der Waals surface area contributed by atoms with Crippen LogP contribution in [0.5, 0.6) is 0 Å². The molecule has 23 heavy (non-hydrogen) atoms. The van der Waals surface area contributed by atoms with Gasteiger partial charge in [-0.15, -0.1) is 0 Å². The molecule has 1 aromatic rings. The predicted molar refractivity (Wildman–Crippen MR) is 87.1 cm³/mol. The molecule has 0 aliphatic carbocycles. The summed E-state index contributed by atoms with van der Waals surface area (Å²) in [6.45, 7) is 7.69. The van der Waals surface area contributed by atoms with Crippen molar-refractivity contribution in [1.29, 1.82) is 0 Å². The number of cyclic esters (lactones) is 1. The number of rotatable bonds is 4. The first kappa shape index (κ1) is 17.3. The monoisotopic (exact) mass is 319 g/mol. The molecule has 126 valence electrons. The molecule has 0 spiro atoms. The number of hydrogen-bond acceptors (Lipinski definition) is 4. The summed E-state index contributed by atoms with van der Waals surface area (Å²) in [4.78, 5) is 23.6. The molecule has 1 aliphatic heterocycles. The number of alkyl carbamates (subject to hydrolysis) is 1. The molecule has 1 aliphatic rings. The Morgan fingerprint density at radius 3 is 2.52 bits per heavy atom. The minimum atomic E-state index is -0.541. The van der Waals surface area contributed by atoms with Crippen LogP contribution in [-0.4, -0.2) is 30.3 Å². The summed E-state index contributed by atoms with van der Waals surface area (Å²) in [5.41, 5.74) is 0.496. The molecular formula is C18H25NO4. The zero-order chi connectivity index (χ0) is 17.0. The topological polar surface area (TPSA) is 64.6 Å². The Kier molecular flexibility index (Phi) is 5.29. The van der Waals surface area contributed by atoms with Gasteiger partial charge < -0.3 is 14.8 Å². The molecule has 2 rings (SSSR count). The van der Waals surface area contributed by atoms with E-state index in [0.717, 1.165) is 5.56 Å². The number of carbonyl (C=O) groups is 2. The minimum absolute atomic E-state index is 0.0855. The third-order valence-electron chi connectivity index (χ3n) is 3.80. The van der Waals surface area contributed by atoms with Crippen molar-refractivity contribution >= 4 is 12.1 Å². The van der Waals surface area contributed by atoms with Crippen LogP contribution in [0.4, 0.5) is 4.79 Å². The van der Waals surface area contributed by atoms with Gasteiger partial charge in [-0.2, -0.15) is 0 Å². The highest BCUT2D eigenvalue weighted by atomic mass is 16.6. The molecule has 0 bridgehead atoms. The van der Waals surface area contributed by atoms with Crippen LogP contribution in [-0.2, 0) is 14.3 Å². The Balaban J connectivity index is 2.06. The summed E-state index contributed by atoms with van der Waals surface area (Å²) in [6, 6.07) is 9.79. The van der Waals surface area contributed by atoms with Crippen molar-refractivity contribution < 1.29 is 19.1 Å². The Hall–Kier alpha value is -2.04.